The van der Waals surface area contributed by atoms with Gasteiger partial charge in [0.05, 0.1) is 17.4 Å². The summed E-state index contributed by atoms with van der Waals surface area (Å²) in [6.45, 7) is 0.182. The minimum Gasteiger partial charge on any atom is -0.388 e. The summed E-state index contributed by atoms with van der Waals surface area (Å²) < 4.78 is 27.7. The number of rotatable bonds is 4. The monoisotopic (exact) mass is 307 g/mol. The Morgan fingerprint density at radius 1 is 1.41 bits per heavy atom. The van der Waals surface area contributed by atoms with Crippen molar-refractivity contribution < 1.29 is 18.7 Å². The van der Waals surface area contributed by atoms with Crippen LogP contribution in [0.15, 0.2) is 30.6 Å². The third kappa shape index (κ3) is 2.85. The van der Waals surface area contributed by atoms with Crippen LogP contribution in [0.25, 0.3) is 5.69 Å². The lowest BCUT2D eigenvalue weighted by atomic mass is 9.80. The molecule has 1 heterocycles. The Kier molecular flexibility index (Phi) is 3.66. The van der Waals surface area contributed by atoms with Crippen LogP contribution < -0.4 is 5.32 Å². The van der Waals surface area contributed by atoms with Gasteiger partial charge in [0.1, 0.15) is 11.5 Å². The second-order valence-corrected chi connectivity index (χ2v) is 5.53. The molecule has 2 N–H and O–H groups in total. The number of benzene rings is 1. The van der Waals surface area contributed by atoms with Gasteiger partial charge in [-0.3, -0.25) is 4.79 Å². The Morgan fingerprint density at radius 3 is 2.82 bits per heavy atom. The highest BCUT2D eigenvalue weighted by atomic mass is 19.1. The normalized spacial score (nSPS) is 16.1. The highest BCUT2D eigenvalue weighted by Gasteiger charge is 2.34. The Bertz CT molecular complexity index is 711. The summed E-state index contributed by atoms with van der Waals surface area (Å²) >= 11 is 0. The number of amides is 1. The number of hydrogen-bond donors (Lipinski definition) is 2. The third-order valence-corrected chi connectivity index (χ3v) is 3.86. The van der Waals surface area contributed by atoms with E-state index in [9.17, 15) is 18.7 Å². The van der Waals surface area contributed by atoms with E-state index in [-0.39, 0.29) is 17.8 Å². The molecule has 0 atom stereocenters. The van der Waals surface area contributed by atoms with E-state index < -0.39 is 23.1 Å². The molecule has 1 saturated carbocycles. The molecular weight excluding hydrogens is 292 g/mol. The highest BCUT2D eigenvalue weighted by Crippen LogP contribution is 2.30. The summed E-state index contributed by atoms with van der Waals surface area (Å²) in [5.74, 6) is -1.84. The lowest BCUT2D eigenvalue weighted by molar-refractivity contribution is -0.0300. The Hall–Kier alpha value is -2.28. The largest absolute Gasteiger partial charge is 0.388 e. The second kappa shape index (κ2) is 5.49. The van der Waals surface area contributed by atoms with Crippen molar-refractivity contribution in [3.05, 3.63) is 47.8 Å². The number of nitrogens with one attached hydrogen (secondary N) is 1. The second-order valence-electron chi connectivity index (χ2n) is 5.53. The van der Waals surface area contributed by atoms with Crippen molar-refractivity contribution in [1.82, 2.24) is 15.1 Å². The SMILES string of the molecule is O=C(NCC1(O)CCC1)c1cnn(-c2ccc(F)cc2F)c1. The smallest absolute Gasteiger partial charge is 0.254 e. The average Bonchev–Trinajstić information content (AvgIpc) is 2.92. The Morgan fingerprint density at radius 2 is 2.18 bits per heavy atom. The van der Waals surface area contributed by atoms with Gasteiger partial charge in [-0.15, -0.1) is 0 Å². The molecule has 3 rings (SSSR count). The van der Waals surface area contributed by atoms with Crippen LogP contribution in [-0.4, -0.2) is 32.9 Å². The van der Waals surface area contributed by atoms with Gasteiger partial charge in [0, 0.05) is 18.8 Å². The minimum atomic E-state index is -0.811. The van der Waals surface area contributed by atoms with Crippen LogP contribution in [0, 0.1) is 11.6 Å². The van der Waals surface area contributed by atoms with Crippen molar-refractivity contribution in [3.8, 4) is 5.69 Å². The molecule has 0 saturated heterocycles. The number of hydrogen-bond acceptors (Lipinski definition) is 3. The first-order chi connectivity index (χ1) is 10.5. The quantitative estimate of drug-likeness (QED) is 0.905. The maximum absolute atomic E-state index is 13.7. The molecule has 116 valence electrons. The molecule has 1 aromatic heterocycles. The van der Waals surface area contributed by atoms with Gasteiger partial charge < -0.3 is 10.4 Å². The molecule has 5 nitrogen and oxygen atoms in total. The predicted molar refractivity (Wildman–Crippen MR) is 74.6 cm³/mol. The molecule has 7 heteroatoms. The number of carbonyl (C=O) groups is 1. The van der Waals surface area contributed by atoms with Crippen molar-refractivity contribution in [3.63, 3.8) is 0 Å². The molecule has 0 radical (unpaired) electrons. The minimum absolute atomic E-state index is 0.0538. The first kappa shape index (κ1) is 14.6. The zero-order chi connectivity index (χ0) is 15.7. The van der Waals surface area contributed by atoms with E-state index in [1.165, 1.54) is 23.1 Å². The van der Waals surface area contributed by atoms with E-state index >= 15 is 0 Å². The van der Waals surface area contributed by atoms with Crippen LogP contribution in [0.4, 0.5) is 8.78 Å². The number of halogens is 2. The van der Waals surface area contributed by atoms with Gasteiger partial charge in [0.15, 0.2) is 5.82 Å². The van der Waals surface area contributed by atoms with E-state index in [0.717, 1.165) is 18.6 Å². The fraction of sp³-hybridized carbons (Fsp3) is 0.333. The molecule has 1 aliphatic rings. The molecule has 1 aromatic carbocycles. The van der Waals surface area contributed by atoms with Crippen LogP contribution in [0.3, 0.4) is 0 Å². The van der Waals surface area contributed by atoms with Crippen molar-refractivity contribution in [2.75, 3.05) is 6.54 Å². The van der Waals surface area contributed by atoms with Gasteiger partial charge in [0.2, 0.25) is 0 Å². The van der Waals surface area contributed by atoms with E-state index in [0.29, 0.717) is 12.8 Å². The maximum Gasteiger partial charge on any atom is 0.254 e. The number of aliphatic hydroxyl groups is 1. The molecular formula is C15H15F2N3O2. The van der Waals surface area contributed by atoms with Gasteiger partial charge in [-0.05, 0) is 31.4 Å². The summed E-state index contributed by atoms with van der Waals surface area (Å²) in [7, 11) is 0. The molecule has 0 aliphatic heterocycles. The van der Waals surface area contributed by atoms with Gasteiger partial charge in [-0.25, -0.2) is 13.5 Å². The Labute approximate surface area is 125 Å². The van der Waals surface area contributed by atoms with Crippen molar-refractivity contribution in [2.45, 2.75) is 24.9 Å². The molecule has 0 bridgehead atoms. The predicted octanol–water partition coefficient (Wildman–Crippen LogP) is 1.80. The molecule has 0 unspecified atom stereocenters. The van der Waals surface area contributed by atoms with Crippen LogP contribution in [-0.2, 0) is 0 Å². The molecule has 1 amide bonds. The standard InChI is InChI=1S/C15H15F2N3O2/c16-11-2-3-13(12(17)6-11)20-8-10(7-19-20)14(21)18-9-15(22)4-1-5-15/h2-3,6-8,22H,1,4-5,9H2,(H,18,21). The lowest BCUT2D eigenvalue weighted by Gasteiger charge is -2.36. The fourth-order valence-corrected chi connectivity index (χ4v) is 2.35. The van der Waals surface area contributed by atoms with Crippen LogP contribution in [0.2, 0.25) is 0 Å². The van der Waals surface area contributed by atoms with E-state index in [1.807, 2.05) is 0 Å². The zero-order valence-corrected chi connectivity index (χ0v) is 11.7. The van der Waals surface area contributed by atoms with E-state index in [1.54, 1.807) is 0 Å². The van der Waals surface area contributed by atoms with E-state index in [2.05, 4.69) is 10.4 Å². The van der Waals surface area contributed by atoms with Gasteiger partial charge in [-0.1, -0.05) is 0 Å². The third-order valence-electron chi connectivity index (χ3n) is 3.86. The topological polar surface area (TPSA) is 67.2 Å². The first-order valence-electron chi connectivity index (χ1n) is 6.98. The number of carbonyl (C=O) groups excluding carboxylic acids is 1. The average molecular weight is 307 g/mol. The summed E-state index contributed by atoms with van der Waals surface area (Å²) in [5, 5.41) is 16.5. The summed E-state index contributed by atoms with van der Waals surface area (Å²) in [4.78, 5) is 12.0. The number of aromatic nitrogens is 2. The summed E-state index contributed by atoms with van der Waals surface area (Å²) in [6, 6.07) is 3.12. The van der Waals surface area contributed by atoms with Gasteiger partial charge in [0.25, 0.3) is 5.91 Å². The van der Waals surface area contributed by atoms with Crippen LogP contribution >= 0.6 is 0 Å². The molecule has 1 aliphatic carbocycles. The molecule has 0 spiro atoms. The zero-order valence-electron chi connectivity index (χ0n) is 11.7. The first-order valence-corrected chi connectivity index (χ1v) is 6.98. The Balaban J connectivity index is 1.71. The lowest BCUT2D eigenvalue weighted by Crippen LogP contribution is -2.47. The summed E-state index contributed by atoms with van der Waals surface area (Å²) in [5.41, 5.74) is -0.515. The maximum atomic E-state index is 13.7. The number of nitrogens with zero attached hydrogens (tertiary/aromatic N) is 2. The van der Waals surface area contributed by atoms with Gasteiger partial charge >= 0.3 is 0 Å². The molecule has 2 aromatic rings. The van der Waals surface area contributed by atoms with Crippen molar-refractivity contribution in [2.24, 2.45) is 0 Å². The summed E-state index contributed by atoms with van der Waals surface area (Å²) in [6.07, 6.45) is 4.95. The van der Waals surface area contributed by atoms with Gasteiger partial charge in [-0.2, -0.15) is 5.10 Å². The molecule has 22 heavy (non-hydrogen) atoms. The van der Waals surface area contributed by atoms with Crippen molar-refractivity contribution in [1.29, 1.82) is 0 Å². The molecule has 1 fully saturated rings. The van der Waals surface area contributed by atoms with E-state index in [4.69, 9.17) is 0 Å². The van der Waals surface area contributed by atoms with Crippen LogP contribution in [0.5, 0.6) is 0 Å². The highest BCUT2D eigenvalue weighted by molar-refractivity contribution is 5.93. The van der Waals surface area contributed by atoms with Crippen molar-refractivity contribution >= 4 is 5.91 Å². The fourth-order valence-electron chi connectivity index (χ4n) is 2.35. The van der Waals surface area contributed by atoms with Crippen LogP contribution in [0.1, 0.15) is 29.6 Å².